The van der Waals surface area contributed by atoms with Crippen molar-refractivity contribution >= 4 is 33.5 Å². The Morgan fingerprint density at radius 1 is 1.14 bits per heavy atom. The Morgan fingerprint density at radius 3 is 2.21 bits per heavy atom. The second-order valence-electron chi connectivity index (χ2n) is 7.57. The third-order valence-electron chi connectivity index (χ3n) is 5.51. The van der Waals surface area contributed by atoms with E-state index in [1.807, 2.05) is 12.2 Å². The standard InChI is InChI=1S/C18H24N2O7S/c1-10(20-16(22)13-5-3-4-6-14(13)17(20)23)18(24)27-11(2)15(21)19-12-7-8-28(25,26)9-12/h3-4,10-14H,5-9H2,1-2H3,(H,19,21)/t10-,11+,12+,13-,14+/m0/s1. The van der Waals surface area contributed by atoms with Gasteiger partial charge in [0.2, 0.25) is 11.8 Å². The molecule has 2 aliphatic heterocycles. The molecule has 28 heavy (non-hydrogen) atoms. The molecular formula is C18H24N2O7S. The first-order valence-electron chi connectivity index (χ1n) is 9.34. The number of sulfone groups is 1. The molecule has 0 bridgehead atoms. The van der Waals surface area contributed by atoms with E-state index in [0.717, 1.165) is 4.90 Å². The number of amides is 3. The molecule has 2 fully saturated rings. The Hall–Kier alpha value is -2.23. The summed E-state index contributed by atoms with van der Waals surface area (Å²) in [5, 5.41) is 2.56. The molecule has 2 saturated heterocycles. The lowest BCUT2D eigenvalue weighted by molar-refractivity contribution is -0.164. The van der Waals surface area contributed by atoms with E-state index in [-0.39, 0.29) is 11.5 Å². The van der Waals surface area contributed by atoms with E-state index < -0.39 is 63.6 Å². The van der Waals surface area contributed by atoms with Gasteiger partial charge in [-0.2, -0.15) is 0 Å². The van der Waals surface area contributed by atoms with Crippen molar-refractivity contribution in [2.24, 2.45) is 11.8 Å². The first kappa shape index (κ1) is 20.5. The monoisotopic (exact) mass is 412 g/mol. The summed E-state index contributed by atoms with van der Waals surface area (Å²) in [4.78, 5) is 50.6. The van der Waals surface area contributed by atoms with E-state index in [1.54, 1.807) is 0 Å². The summed E-state index contributed by atoms with van der Waals surface area (Å²) >= 11 is 0. The van der Waals surface area contributed by atoms with Crippen molar-refractivity contribution in [3.63, 3.8) is 0 Å². The van der Waals surface area contributed by atoms with Gasteiger partial charge in [-0.25, -0.2) is 13.2 Å². The molecule has 0 spiro atoms. The highest BCUT2D eigenvalue weighted by molar-refractivity contribution is 7.91. The van der Waals surface area contributed by atoms with E-state index in [4.69, 9.17) is 4.74 Å². The molecule has 9 nitrogen and oxygen atoms in total. The first-order valence-corrected chi connectivity index (χ1v) is 11.2. The second-order valence-corrected chi connectivity index (χ2v) is 9.79. The van der Waals surface area contributed by atoms with Crippen LogP contribution in [0, 0.1) is 11.8 Å². The fourth-order valence-corrected chi connectivity index (χ4v) is 5.54. The van der Waals surface area contributed by atoms with Crippen molar-refractivity contribution in [3.8, 4) is 0 Å². The van der Waals surface area contributed by atoms with Crippen molar-refractivity contribution in [1.82, 2.24) is 10.2 Å². The van der Waals surface area contributed by atoms with Gasteiger partial charge in [0.25, 0.3) is 5.91 Å². The summed E-state index contributed by atoms with van der Waals surface area (Å²) in [6.07, 6.45) is 3.80. The summed E-state index contributed by atoms with van der Waals surface area (Å²) in [6, 6.07) is -1.64. The molecule has 0 aromatic heterocycles. The fourth-order valence-electron chi connectivity index (χ4n) is 3.87. The van der Waals surface area contributed by atoms with Crippen LogP contribution >= 0.6 is 0 Å². The normalized spacial score (nSPS) is 30.6. The topological polar surface area (TPSA) is 127 Å². The number of allylic oxidation sites excluding steroid dienone is 2. The molecule has 2 heterocycles. The molecule has 10 heteroatoms. The number of esters is 1. The van der Waals surface area contributed by atoms with Crippen LogP contribution in [0.1, 0.15) is 33.1 Å². The molecule has 0 unspecified atom stereocenters. The average Bonchev–Trinajstić information content (AvgIpc) is 3.11. The number of rotatable bonds is 5. The minimum atomic E-state index is -3.15. The SMILES string of the molecule is C[C@@H](OC(=O)[C@H](C)N1C(=O)[C@H]2CC=CC[C@H]2C1=O)C(=O)N[C@@H]1CCS(=O)(=O)C1. The van der Waals surface area contributed by atoms with Crippen molar-refractivity contribution in [2.75, 3.05) is 11.5 Å². The van der Waals surface area contributed by atoms with Crippen LogP contribution in [0.15, 0.2) is 12.2 Å². The van der Waals surface area contributed by atoms with Gasteiger partial charge in [-0.3, -0.25) is 19.3 Å². The molecule has 0 aromatic carbocycles. The molecule has 0 saturated carbocycles. The molecule has 1 N–H and O–H groups in total. The molecule has 154 valence electrons. The van der Waals surface area contributed by atoms with Crippen LogP contribution < -0.4 is 5.32 Å². The highest BCUT2D eigenvalue weighted by Gasteiger charge is 2.50. The number of carbonyl (C=O) groups is 4. The number of imide groups is 1. The summed E-state index contributed by atoms with van der Waals surface area (Å²) < 4.78 is 28.1. The maximum absolute atomic E-state index is 12.5. The van der Waals surface area contributed by atoms with E-state index in [9.17, 15) is 27.6 Å². The maximum atomic E-state index is 12.5. The van der Waals surface area contributed by atoms with Crippen molar-refractivity contribution in [3.05, 3.63) is 12.2 Å². The van der Waals surface area contributed by atoms with Crippen molar-refractivity contribution in [1.29, 1.82) is 0 Å². The quantitative estimate of drug-likeness (QED) is 0.368. The third kappa shape index (κ3) is 3.96. The fraction of sp³-hybridized carbons (Fsp3) is 0.667. The van der Waals surface area contributed by atoms with Gasteiger partial charge in [-0.05, 0) is 33.1 Å². The highest BCUT2D eigenvalue weighted by Crippen LogP contribution is 2.36. The minimum absolute atomic E-state index is 0.0134. The molecule has 3 rings (SSSR count). The lowest BCUT2D eigenvalue weighted by Crippen LogP contribution is -2.48. The first-order chi connectivity index (χ1) is 13.1. The Kier molecular flexibility index (Phi) is 5.60. The van der Waals surface area contributed by atoms with E-state index in [2.05, 4.69) is 5.32 Å². The van der Waals surface area contributed by atoms with Crippen LogP contribution in [-0.4, -0.2) is 66.7 Å². The Bertz CT molecular complexity index is 809. The van der Waals surface area contributed by atoms with Gasteiger partial charge in [-0.1, -0.05) is 12.2 Å². The zero-order valence-corrected chi connectivity index (χ0v) is 16.6. The number of hydrogen-bond acceptors (Lipinski definition) is 7. The molecule has 1 aliphatic carbocycles. The lowest BCUT2D eigenvalue weighted by Gasteiger charge is -2.23. The molecule has 3 aliphatic rings. The van der Waals surface area contributed by atoms with Gasteiger partial charge in [0, 0.05) is 6.04 Å². The number of nitrogens with zero attached hydrogens (tertiary/aromatic N) is 1. The van der Waals surface area contributed by atoms with Crippen molar-refractivity contribution in [2.45, 2.75) is 51.3 Å². The average molecular weight is 412 g/mol. The van der Waals surface area contributed by atoms with Gasteiger partial charge >= 0.3 is 5.97 Å². The summed E-state index contributed by atoms with van der Waals surface area (Å²) in [7, 11) is -3.15. The zero-order valence-electron chi connectivity index (χ0n) is 15.8. The Morgan fingerprint density at radius 2 is 1.71 bits per heavy atom. The Balaban J connectivity index is 1.57. The van der Waals surface area contributed by atoms with Crippen molar-refractivity contribution < 1.29 is 32.3 Å². The second kappa shape index (κ2) is 7.65. The molecule has 0 aromatic rings. The summed E-state index contributed by atoms with van der Waals surface area (Å²) in [5.74, 6) is -3.26. The van der Waals surface area contributed by atoms with Crippen LogP contribution in [0.4, 0.5) is 0 Å². The number of carbonyl (C=O) groups excluding carboxylic acids is 4. The van der Waals surface area contributed by atoms with Crippen LogP contribution in [-0.2, 0) is 33.8 Å². The largest absolute Gasteiger partial charge is 0.451 e. The van der Waals surface area contributed by atoms with Crippen LogP contribution in [0.25, 0.3) is 0 Å². The van der Waals surface area contributed by atoms with Crippen LogP contribution in [0.5, 0.6) is 0 Å². The maximum Gasteiger partial charge on any atom is 0.329 e. The predicted octanol–water partition coefficient (Wildman–Crippen LogP) is -0.439. The lowest BCUT2D eigenvalue weighted by atomic mass is 9.85. The number of hydrogen-bond donors (Lipinski definition) is 1. The Labute approximate surface area is 163 Å². The predicted molar refractivity (Wildman–Crippen MR) is 97.4 cm³/mol. The smallest absolute Gasteiger partial charge is 0.329 e. The zero-order chi connectivity index (χ0) is 20.6. The molecular weight excluding hydrogens is 388 g/mol. The number of likely N-dealkylation sites (tertiary alicyclic amines) is 1. The van der Waals surface area contributed by atoms with Gasteiger partial charge < -0.3 is 10.1 Å². The molecule has 5 atom stereocenters. The van der Waals surface area contributed by atoms with Gasteiger partial charge in [-0.15, -0.1) is 0 Å². The third-order valence-corrected chi connectivity index (χ3v) is 7.28. The van der Waals surface area contributed by atoms with Crippen LogP contribution in [0.3, 0.4) is 0 Å². The van der Waals surface area contributed by atoms with E-state index >= 15 is 0 Å². The van der Waals surface area contributed by atoms with E-state index in [1.165, 1.54) is 13.8 Å². The summed E-state index contributed by atoms with van der Waals surface area (Å²) in [6.45, 7) is 2.76. The van der Waals surface area contributed by atoms with Crippen LogP contribution in [0.2, 0.25) is 0 Å². The summed E-state index contributed by atoms with van der Waals surface area (Å²) in [5.41, 5.74) is 0. The van der Waals surface area contributed by atoms with Gasteiger partial charge in [0.15, 0.2) is 15.9 Å². The highest BCUT2D eigenvalue weighted by atomic mass is 32.2. The number of fused-ring (bicyclic) bond motifs is 1. The van der Waals surface area contributed by atoms with E-state index in [0.29, 0.717) is 19.3 Å². The number of ether oxygens (including phenoxy) is 1. The van der Waals surface area contributed by atoms with Gasteiger partial charge in [0.1, 0.15) is 6.04 Å². The van der Waals surface area contributed by atoms with Gasteiger partial charge in [0.05, 0.1) is 23.3 Å². The minimum Gasteiger partial charge on any atom is -0.451 e. The molecule has 3 amide bonds. The number of nitrogens with one attached hydrogen (secondary N) is 1. The molecule has 0 radical (unpaired) electrons.